The second kappa shape index (κ2) is 7.76. The van der Waals surface area contributed by atoms with Crippen LogP contribution in [0, 0.1) is 10.1 Å². The first-order valence-electron chi connectivity index (χ1n) is 7.93. The molecule has 25 heavy (non-hydrogen) atoms. The number of carbonyl (C=O) groups is 1. The summed E-state index contributed by atoms with van der Waals surface area (Å²) in [6.07, 6.45) is 6.92. The van der Waals surface area contributed by atoms with Crippen molar-refractivity contribution < 1.29 is 9.72 Å². The van der Waals surface area contributed by atoms with E-state index in [9.17, 15) is 14.9 Å². The van der Waals surface area contributed by atoms with E-state index in [0.717, 1.165) is 25.7 Å². The molecule has 1 aliphatic rings. The Bertz CT molecular complexity index is 824. The lowest BCUT2D eigenvalue weighted by Crippen LogP contribution is -2.16. The summed E-state index contributed by atoms with van der Waals surface area (Å²) in [6.45, 7) is 0. The molecule has 1 amide bonds. The van der Waals surface area contributed by atoms with Gasteiger partial charge in [0.15, 0.2) is 0 Å². The third-order valence-corrected chi connectivity index (χ3v) is 5.61. The molecule has 0 fully saturated rings. The number of benzene rings is 1. The summed E-state index contributed by atoms with van der Waals surface area (Å²) in [6, 6.07) is 6.00. The van der Waals surface area contributed by atoms with E-state index >= 15 is 0 Å². The predicted octanol–water partition coefficient (Wildman–Crippen LogP) is 4.34. The van der Waals surface area contributed by atoms with Gasteiger partial charge >= 0.3 is 0 Å². The molecule has 8 heteroatoms. The minimum atomic E-state index is -0.509. The molecule has 0 aliphatic heterocycles. The van der Waals surface area contributed by atoms with E-state index in [1.165, 1.54) is 52.6 Å². The number of aryl methyl sites for hydroxylation is 2. The van der Waals surface area contributed by atoms with Crippen molar-refractivity contribution in [2.24, 2.45) is 5.10 Å². The third-order valence-electron chi connectivity index (χ3n) is 4.03. The SMILES string of the molecule is O=C(N/N=C\c1cc([N+](=O)[O-])ccc1Cl)c1cc2c(s1)CCCCC2. The van der Waals surface area contributed by atoms with Crippen molar-refractivity contribution in [3.63, 3.8) is 0 Å². The summed E-state index contributed by atoms with van der Waals surface area (Å²) >= 11 is 7.50. The van der Waals surface area contributed by atoms with Gasteiger partial charge in [0.05, 0.1) is 16.0 Å². The molecular weight excluding hydrogens is 362 g/mol. The van der Waals surface area contributed by atoms with Crippen LogP contribution >= 0.6 is 22.9 Å². The molecule has 6 nitrogen and oxygen atoms in total. The zero-order valence-electron chi connectivity index (χ0n) is 13.3. The fourth-order valence-electron chi connectivity index (χ4n) is 2.74. The highest BCUT2D eigenvalue weighted by molar-refractivity contribution is 7.14. The van der Waals surface area contributed by atoms with Crippen LogP contribution < -0.4 is 5.43 Å². The van der Waals surface area contributed by atoms with E-state index in [0.29, 0.717) is 15.5 Å². The van der Waals surface area contributed by atoms with Gasteiger partial charge in [-0.3, -0.25) is 14.9 Å². The van der Waals surface area contributed by atoms with Gasteiger partial charge in [-0.15, -0.1) is 11.3 Å². The van der Waals surface area contributed by atoms with E-state index in [1.807, 2.05) is 6.07 Å². The Morgan fingerprint density at radius 3 is 2.88 bits per heavy atom. The molecule has 0 atom stereocenters. The molecule has 1 heterocycles. The van der Waals surface area contributed by atoms with Gasteiger partial charge in [-0.1, -0.05) is 18.0 Å². The van der Waals surface area contributed by atoms with E-state index in [4.69, 9.17) is 11.6 Å². The normalized spacial score (nSPS) is 14.1. The molecule has 1 aliphatic carbocycles. The van der Waals surface area contributed by atoms with Gasteiger partial charge in [0.1, 0.15) is 0 Å². The zero-order valence-corrected chi connectivity index (χ0v) is 14.9. The van der Waals surface area contributed by atoms with Crippen LogP contribution in [-0.4, -0.2) is 17.0 Å². The number of non-ortho nitro benzene ring substituents is 1. The summed E-state index contributed by atoms with van der Waals surface area (Å²) in [7, 11) is 0. The molecule has 0 spiro atoms. The van der Waals surface area contributed by atoms with Crippen LogP contribution in [0.15, 0.2) is 29.4 Å². The number of carbonyl (C=O) groups excluding carboxylic acids is 1. The van der Waals surface area contributed by atoms with Crippen molar-refractivity contribution in [1.82, 2.24) is 5.43 Å². The van der Waals surface area contributed by atoms with E-state index in [-0.39, 0.29) is 11.6 Å². The maximum absolute atomic E-state index is 12.2. The Morgan fingerprint density at radius 1 is 1.28 bits per heavy atom. The number of nitro benzene ring substituents is 1. The monoisotopic (exact) mass is 377 g/mol. The molecule has 130 valence electrons. The molecule has 1 N–H and O–H groups in total. The highest BCUT2D eigenvalue weighted by Gasteiger charge is 2.16. The summed E-state index contributed by atoms with van der Waals surface area (Å²) in [4.78, 5) is 24.5. The fourth-order valence-corrected chi connectivity index (χ4v) is 4.05. The molecule has 0 saturated carbocycles. The second-order valence-electron chi connectivity index (χ2n) is 5.78. The van der Waals surface area contributed by atoms with Gasteiger partial charge in [0.2, 0.25) is 0 Å². The third kappa shape index (κ3) is 4.24. The van der Waals surface area contributed by atoms with Crippen LogP contribution in [0.4, 0.5) is 5.69 Å². The second-order valence-corrected chi connectivity index (χ2v) is 7.33. The average Bonchev–Trinajstić information content (AvgIpc) is 2.87. The lowest BCUT2D eigenvalue weighted by Gasteiger charge is -1.99. The Labute approximate surface area is 153 Å². The highest BCUT2D eigenvalue weighted by Crippen LogP contribution is 2.29. The van der Waals surface area contributed by atoms with Crippen molar-refractivity contribution >= 4 is 40.7 Å². The summed E-state index contributed by atoms with van der Waals surface area (Å²) in [5, 5.41) is 15.0. The van der Waals surface area contributed by atoms with E-state index in [1.54, 1.807) is 0 Å². The average molecular weight is 378 g/mol. The maximum Gasteiger partial charge on any atom is 0.281 e. The lowest BCUT2D eigenvalue weighted by atomic mass is 10.1. The Kier molecular flexibility index (Phi) is 5.45. The number of nitro groups is 1. The molecule has 3 rings (SSSR count). The van der Waals surface area contributed by atoms with Gasteiger partial charge in [0, 0.05) is 27.6 Å². The number of nitrogens with one attached hydrogen (secondary N) is 1. The van der Waals surface area contributed by atoms with Gasteiger partial charge in [-0.2, -0.15) is 5.10 Å². The minimum absolute atomic E-state index is 0.0841. The number of rotatable bonds is 4. The smallest absolute Gasteiger partial charge is 0.266 e. The number of hydrogen-bond acceptors (Lipinski definition) is 5. The first kappa shape index (κ1) is 17.6. The van der Waals surface area contributed by atoms with Crippen molar-refractivity contribution in [3.8, 4) is 0 Å². The molecule has 0 saturated heterocycles. The lowest BCUT2D eigenvalue weighted by molar-refractivity contribution is -0.384. The summed E-state index contributed by atoms with van der Waals surface area (Å²) in [5.74, 6) is -0.282. The van der Waals surface area contributed by atoms with E-state index < -0.39 is 4.92 Å². The first-order chi connectivity index (χ1) is 12.0. The van der Waals surface area contributed by atoms with Crippen LogP contribution in [0.2, 0.25) is 5.02 Å². The van der Waals surface area contributed by atoms with Gasteiger partial charge in [-0.25, -0.2) is 5.43 Å². The molecule has 0 bridgehead atoms. The van der Waals surface area contributed by atoms with Crippen LogP contribution in [0.25, 0.3) is 0 Å². The molecular formula is C17H16ClN3O3S. The minimum Gasteiger partial charge on any atom is -0.266 e. The van der Waals surface area contributed by atoms with Crippen molar-refractivity contribution in [2.75, 3.05) is 0 Å². The molecule has 0 unspecified atom stereocenters. The predicted molar refractivity (Wildman–Crippen MR) is 98.7 cm³/mol. The number of fused-ring (bicyclic) bond motifs is 1. The summed E-state index contributed by atoms with van der Waals surface area (Å²) < 4.78 is 0. The number of halogens is 1. The largest absolute Gasteiger partial charge is 0.281 e. The number of amides is 1. The highest BCUT2D eigenvalue weighted by atomic mass is 35.5. The number of thiophene rings is 1. The molecule has 1 aromatic carbocycles. The Morgan fingerprint density at radius 2 is 2.08 bits per heavy atom. The summed E-state index contributed by atoms with van der Waals surface area (Å²) in [5.41, 5.74) is 4.01. The number of hydrazone groups is 1. The molecule has 2 aromatic rings. The van der Waals surface area contributed by atoms with Crippen molar-refractivity contribution in [2.45, 2.75) is 32.1 Å². The van der Waals surface area contributed by atoms with E-state index in [2.05, 4.69) is 10.5 Å². The van der Waals surface area contributed by atoms with Crippen molar-refractivity contribution in [3.05, 3.63) is 60.3 Å². The van der Waals surface area contributed by atoms with Crippen LogP contribution in [0.5, 0.6) is 0 Å². The van der Waals surface area contributed by atoms with Crippen molar-refractivity contribution in [1.29, 1.82) is 0 Å². The topological polar surface area (TPSA) is 84.6 Å². The van der Waals surface area contributed by atoms with Gasteiger partial charge < -0.3 is 0 Å². The first-order valence-corrected chi connectivity index (χ1v) is 9.13. The van der Waals surface area contributed by atoms with Crippen LogP contribution in [0.1, 0.15) is 44.9 Å². The standard InChI is InChI=1S/C17H16ClN3O3S/c18-14-7-6-13(21(23)24)8-12(14)10-19-20-17(22)16-9-11-4-2-1-3-5-15(11)25-16/h6-10H,1-5H2,(H,20,22)/b19-10-. The fraction of sp³-hybridized carbons (Fsp3) is 0.294. The Hall–Kier alpha value is -2.25. The zero-order chi connectivity index (χ0) is 17.8. The quantitative estimate of drug-likeness (QED) is 0.372. The number of hydrogen-bond donors (Lipinski definition) is 1. The molecule has 0 radical (unpaired) electrons. The number of nitrogens with zero attached hydrogens (tertiary/aromatic N) is 2. The van der Waals surface area contributed by atoms with Crippen LogP contribution in [0.3, 0.4) is 0 Å². The van der Waals surface area contributed by atoms with Gasteiger partial charge in [0.25, 0.3) is 11.6 Å². The van der Waals surface area contributed by atoms with Gasteiger partial charge in [-0.05, 0) is 43.4 Å². The van der Waals surface area contributed by atoms with Crippen LogP contribution in [-0.2, 0) is 12.8 Å². The Balaban J connectivity index is 1.69. The molecule has 1 aromatic heterocycles. The maximum atomic E-state index is 12.2.